The van der Waals surface area contributed by atoms with Crippen LogP contribution < -0.4 is 14.8 Å². The van der Waals surface area contributed by atoms with Gasteiger partial charge in [0, 0.05) is 42.9 Å². The normalized spacial score (nSPS) is 12.4. The molecule has 0 unspecified atom stereocenters. The highest BCUT2D eigenvalue weighted by Crippen LogP contribution is 2.23. The van der Waals surface area contributed by atoms with Crippen molar-refractivity contribution in [3.63, 3.8) is 0 Å². The van der Waals surface area contributed by atoms with Crippen molar-refractivity contribution in [2.24, 2.45) is 0 Å². The summed E-state index contributed by atoms with van der Waals surface area (Å²) in [4.78, 5) is 46.7. The maximum absolute atomic E-state index is 13.5. The molecule has 3 aromatic heterocycles. The molecule has 5 aromatic rings. The zero-order chi connectivity index (χ0) is 34.7. The van der Waals surface area contributed by atoms with E-state index in [1.165, 1.54) is 17.2 Å². The summed E-state index contributed by atoms with van der Waals surface area (Å²) in [5.41, 5.74) is 5.50. The molecule has 0 bridgehead atoms. The van der Waals surface area contributed by atoms with E-state index in [4.69, 9.17) is 9.47 Å². The monoisotopic (exact) mass is 668 g/mol. The van der Waals surface area contributed by atoms with Gasteiger partial charge in [0.15, 0.2) is 0 Å². The first kappa shape index (κ1) is 34.1. The first-order chi connectivity index (χ1) is 24.4. The number of hydrogen-bond acceptors (Lipinski definition) is 10. The predicted molar refractivity (Wildman–Crippen MR) is 190 cm³/mol. The van der Waals surface area contributed by atoms with E-state index in [9.17, 15) is 9.59 Å². The van der Waals surface area contributed by atoms with Crippen molar-refractivity contribution >= 4 is 11.6 Å². The zero-order valence-corrected chi connectivity index (χ0v) is 28.3. The molecule has 0 radical (unpaired) electrons. The number of rotatable bonds is 16. The molecule has 0 saturated carbocycles. The number of nitrogens with one attached hydrogen (secondary N) is 1. The third kappa shape index (κ3) is 9.24. The van der Waals surface area contributed by atoms with E-state index in [1.807, 2.05) is 104 Å². The molecule has 0 saturated heterocycles. The molecule has 1 N–H and O–H groups in total. The van der Waals surface area contributed by atoms with Gasteiger partial charge in [0.1, 0.15) is 47.5 Å². The van der Waals surface area contributed by atoms with Crippen LogP contribution in [0.4, 0.5) is 0 Å². The molecule has 10 nitrogen and oxygen atoms in total. The Bertz CT molecular complexity index is 1930. The molecule has 1 aliphatic carbocycles. The number of ether oxygens (including phenoxy) is 2. The van der Waals surface area contributed by atoms with Crippen LogP contribution in [-0.4, -0.2) is 63.6 Å². The zero-order valence-electron chi connectivity index (χ0n) is 28.3. The molecule has 0 spiro atoms. The van der Waals surface area contributed by atoms with E-state index >= 15 is 0 Å². The second-order valence-corrected chi connectivity index (χ2v) is 12.3. The highest BCUT2D eigenvalue weighted by atomic mass is 16.5. The number of fused-ring (bicyclic) bond motifs is 1. The minimum atomic E-state index is -0.383. The van der Waals surface area contributed by atoms with Crippen molar-refractivity contribution in [2.75, 3.05) is 27.2 Å². The lowest BCUT2D eigenvalue weighted by Crippen LogP contribution is -2.33. The van der Waals surface area contributed by atoms with E-state index in [-0.39, 0.29) is 41.9 Å². The molecule has 6 rings (SSSR count). The lowest BCUT2D eigenvalue weighted by Gasteiger charge is -2.19. The van der Waals surface area contributed by atoms with Crippen LogP contribution in [0.1, 0.15) is 54.9 Å². The Labute approximate surface area is 292 Å². The van der Waals surface area contributed by atoms with E-state index in [0.717, 1.165) is 37.1 Å². The van der Waals surface area contributed by atoms with Crippen LogP contribution >= 0.6 is 0 Å². The summed E-state index contributed by atoms with van der Waals surface area (Å²) >= 11 is 0. The SMILES string of the molecule is CN(C)CCNC1=CC(=O)c2nc(COc3ccc(CCc4ccccn4)cc3)c(COc3ccc(CCc4ccccn4)cc3)nc2C1=O. The van der Waals surface area contributed by atoms with Crippen molar-refractivity contribution in [3.05, 3.63) is 154 Å². The molecule has 0 amide bonds. The summed E-state index contributed by atoms with van der Waals surface area (Å²) in [6, 6.07) is 27.6. The first-order valence-corrected chi connectivity index (χ1v) is 16.7. The van der Waals surface area contributed by atoms with Gasteiger partial charge >= 0.3 is 0 Å². The Balaban J connectivity index is 1.16. The number of pyridine rings is 2. The highest BCUT2D eigenvalue weighted by molar-refractivity contribution is 6.22. The summed E-state index contributed by atoms with van der Waals surface area (Å²) in [5, 5.41) is 3.08. The third-order valence-corrected chi connectivity index (χ3v) is 8.28. The van der Waals surface area contributed by atoms with Gasteiger partial charge in [0.2, 0.25) is 11.6 Å². The van der Waals surface area contributed by atoms with Gasteiger partial charge in [-0.1, -0.05) is 36.4 Å². The summed E-state index contributed by atoms with van der Waals surface area (Å²) in [6.07, 6.45) is 8.31. The molecular formula is C40H40N6O4. The minimum Gasteiger partial charge on any atom is -0.487 e. The maximum atomic E-state index is 13.5. The fourth-order valence-corrected chi connectivity index (χ4v) is 5.45. The number of Topliss-reactive ketones (excluding diaryl/α,β-unsaturated/α-hetero) is 1. The average molecular weight is 669 g/mol. The number of carbonyl (C=O) groups is 2. The number of likely N-dealkylation sites (N-methyl/N-ethyl adjacent to an activating group) is 1. The topological polar surface area (TPSA) is 119 Å². The number of nitrogens with zero attached hydrogens (tertiary/aromatic N) is 5. The number of ketones is 2. The lowest BCUT2D eigenvalue weighted by atomic mass is 10.0. The number of hydrogen-bond donors (Lipinski definition) is 1. The molecule has 3 heterocycles. The summed E-state index contributed by atoms with van der Waals surface area (Å²) in [7, 11) is 3.88. The summed E-state index contributed by atoms with van der Waals surface area (Å²) in [6.45, 7) is 1.27. The molecule has 1 aliphatic rings. The molecule has 0 fully saturated rings. The molecule has 10 heteroatoms. The predicted octanol–water partition coefficient (Wildman–Crippen LogP) is 5.41. The van der Waals surface area contributed by atoms with Gasteiger partial charge in [-0.2, -0.15) is 0 Å². The molecule has 0 aliphatic heterocycles. The van der Waals surface area contributed by atoms with Crippen LogP contribution in [0.5, 0.6) is 11.5 Å². The fourth-order valence-electron chi connectivity index (χ4n) is 5.45. The van der Waals surface area contributed by atoms with Crippen molar-refractivity contribution < 1.29 is 19.1 Å². The van der Waals surface area contributed by atoms with Gasteiger partial charge in [-0.05, 0) is 99.4 Å². The molecular weight excluding hydrogens is 628 g/mol. The maximum Gasteiger partial charge on any atom is 0.229 e. The fraction of sp³-hybridized carbons (Fsp3) is 0.250. The second-order valence-electron chi connectivity index (χ2n) is 12.3. The summed E-state index contributed by atoms with van der Waals surface area (Å²) < 4.78 is 12.3. The molecule has 254 valence electrons. The number of carbonyl (C=O) groups excluding carboxylic acids is 2. The Morgan fingerprint density at radius 2 is 1.16 bits per heavy atom. The van der Waals surface area contributed by atoms with Gasteiger partial charge in [-0.3, -0.25) is 19.6 Å². The van der Waals surface area contributed by atoms with E-state index in [2.05, 4.69) is 25.3 Å². The lowest BCUT2D eigenvalue weighted by molar-refractivity contribution is 0.0969. The number of benzene rings is 2. The molecule has 2 aromatic carbocycles. The van der Waals surface area contributed by atoms with Gasteiger partial charge < -0.3 is 19.7 Å². The van der Waals surface area contributed by atoms with Gasteiger partial charge in [-0.25, -0.2) is 9.97 Å². The van der Waals surface area contributed by atoms with Crippen LogP contribution in [0, 0.1) is 0 Å². The van der Waals surface area contributed by atoms with Gasteiger partial charge in [0.25, 0.3) is 0 Å². The van der Waals surface area contributed by atoms with Gasteiger partial charge in [0.05, 0.1) is 5.70 Å². The van der Waals surface area contributed by atoms with Crippen molar-refractivity contribution in [3.8, 4) is 11.5 Å². The Kier molecular flexibility index (Phi) is 11.3. The second kappa shape index (κ2) is 16.6. The average Bonchev–Trinajstić information content (AvgIpc) is 3.15. The van der Waals surface area contributed by atoms with Crippen LogP contribution in [0.25, 0.3) is 0 Å². The van der Waals surface area contributed by atoms with E-state index < -0.39 is 0 Å². The van der Waals surface area contributed by atoms with Crippen LogP contribution in [0.3, 0.4) is 0 Å². The standard InChI is InChI=1S/C40H40N6O4/c1-46(2)24-23-43-34-25-37(47)38-39(40(34)48)45-36(27-50-33-19-13-29(14-20-33)10-16-31-8-4-6-22-42-31)35(44-38)26-49-32-17-11-28(12-18-32)9-15-30-7-3-5-21-41-30/h3-8,11-14,17-22,25,43H,9-10,15-16,23-24,26-27H2,1-2H3. The Hall–Kier alpha value is -5.74. The number of aromatic nitrogens is 4. The van der Waals surface area contributed by atoms with Gasteiger partial charge in [-0.15, -0.1) is 0 Å². The van der Waals surface area contributed by atoms with Crippen molar-refractivity contribution in [2.45, 2.75) is 38.9 Å². The summed E-state index contributed by atoms with van der Waals surface area (Å²) in [5.74, 6) is 0.534. The Morgan fingerprint density at radius 1 is 0.640 bits per heavy atom. The largest absolute Gasteiger partial charge is 0.487 e. The number of allylic oxidation sites excluding steroid dienone is 2. The highest BCUT2D eigenvalue weighted by Gasteiger charge is 2.30. The molecule has 50 heavy (non-hydrogen) atoms. The molecule has 0 atom stereocenters. The smallest absolute Gasteiger partial charge is 0.229 e. The number of aryl methyl sites for hydroxylation is 4. The quantitative estimate of drug-likeness (QED) is 0.146. The van der Waals surface area contributed by atoms with Crippen LogP contribution in [0.2, 0.25) is 0 Å². The Morgan fingerprint density at radius 3 is 1.64 bits per heavy atom. The van der Waals surface area contributed by atoms with E-state index in [0.29, 0.717) is 36.0 Å². The first-order valence-electron chi connectivity index (χ1n) is 16.7. The van der Waals surface area contributed by atoms with Crippen molar-refractivity contribution in [1.82, 2.24) is 30.2 Å². The van der Waals surface area contributed by atoms with E-state index in [1.54, 1.807) is 12.4 Å². The van der Waals surface area contributed by atoms with Crippen LogP contribution in [0.15, 0.2) is 109 Å². The minimum absolute atomic E-state index is 0.00864. The third-order valence-electron chi connectivity index (χ3n) is 8.28. The van der Waals surface area contributed by atoms with Crippen LogP contribution in [-0.2, 0) is 38.9 Å². The van der Waals surface area contributed by atoms with Crippen molar-refractivity contribution in [1.29, 1.82) is 0 Å².